The van der Waals surface area contributed by atoms with E-state index in [1.54, 1.807) is 84.9 Å². The van der Waals surface area contributed by atoms with Gasteiger partial charge in [0.15, 0.2) is 0 Å². The molecule has 0 unspecified atom stereocenters. The topological polar surface area (TPSA) is 63.5 Å². The average molecular weight is 485 g/mol. The molecule has 4 rings (SSSR count). The molecule has 0 bridgehead atoms. The minimum absolute atomic E-state index is 0. The van der Waals surface area contributed by atoms with Gasteiger partial charge >= 0.3 is 29.6 Å². The summed E-state index contributed by atoms with van der Waals surface area (Å²) in [6, 6.07) is 32.8. The molecular formula is C24H23Cl2NaO3S. The maximum absolute atomic E-state index is 10.3. The van der Waals surface area contributed by atoms with Gasteiger partial charge in [-0.25, -0.2) is 0 Å². The molecule has 7 heteroatoms. The van der Waals surface area contributed by atoms with Gasteiger partial charge in [0.25, 0.3) is 0 Å². The minimum atomic E-state index is 0. The minimum Gasteiger partial charge on any atom is -0.872 e. The predicted octanol–water partition coefficient (Wildman–Crippen LogP) is 3.65. The van der Waals surface area contributed by atoms with Crippen molar-refractivity contribution in [3.05, 3.63) is 125 Å². The summed E-state index contributed by atoms with van der Waals surface area (Å²) in [6.45, 7) is 0. The second kappa shape index (κ2) is 20.1. The van der Waals surface area contributed by atoms with E-state index in [0.29, 0.717) is 11.5 Å². The monoisotopic (exact) mass is 484 g/mol. The van der Waals surface area contributed by atoms with E-state index in [9.17, 15) is 5.11 Å². The Morgan fingerprint density at radius 3 is 0.903 bits per heavy atom. The van der Waals surface area contributed by atoms with Crippen molar-refractivity contribution in [1.29, 1.82) is 0 Å². The van der Waals surface area contributed by atoms with Crippen molar-refractivity contribution in [3.8, 4) is 17.2 Å². The number of phenols is 2. The number of para-hydroxylation sites is 3. The van der Waals surface area contributed by atoms with Crippen LogP contribution in [0, 0.1) is 0 Å². The van der Waals surface area contributed by atoms with Crippen LogP contribution >= 0.6 is 36.7 Å². The first-order chi connectivity index (χ1) is 14.0. The molecule has 3 nitrogen and oxygen atoms in total. The van der Waals surface area contributed by atoms with Crippen LogP contribution in [0.2, 0.25) is 10.0 Å². The molecule has 4 aromatic rings. The number of benzene rings is 4. The SMILES string of the molecule is Clc1ccc(Cl)cc1.Oc1ccccc1.Oc1ccccc1.S.[Na+].[O-]c1ccccc1. The molecule has 2 N–H and O–H groups in total. The third kappa shape index (κ3) is 18.7. The maximum Gasteiger partial charge on any atom is 1.00 e. The Morgan fingerprint density at radius 2 is 0.742 bits per heavy atom. The van der Waals surface area contributed by atoms with Crippen molar-refractivity contribution in [2.24, 2.45) is 0 Å². The number of rotatable bonds is 0. The Kier molecular flexibility index (Phi) is 20.4. The Bertz CT molecular complexity index is 788. The van der Waals surface area contributed by atoms with Gasteiger partial charge < -0.3 is 15.3 Å². The Hall–Kier alpha value is -1.79. The van der Waals surface area contributed by atoms with Crippen LogP contribution in [0.1, 0.15) is 0 Å². The van der Waals surface area contributed by atoms with Gasteiger partial charge in [-0.15, -0.1) is 5.75 Å². The van der Waals surface area contributed by atoms with Gasteiger partial charge in [0, 0.05) is 10.0 Å². The first-order valence-electron chi connectivity index (χ1n) is 8.58. The van der Waals surface area contributed by atoms with Crippen LogP contribution in [-0.4, -0.2) is 10.2 Å². The normalized spacial score (nSPS) is 8.19. The second-order valence-electron chi connectivity index (χ2n) is 5.42. The van der Waals surface area contributed by atoms with Crippen LogP contribution in [0.3, 0.4) is 0 Å². The Morgan fingerprint density at radius 1 is 0.484 bits per heavy atom. The molecular weight excluding hydrogens is 462 g/mol. The van der Waals surface area contributed by atoms with E-state index in [4.69, 9.17) is 33.4 Å². The van der Waals surface area contributed by atoms with E-state index in [2.05, 4.69) is 0 Å². The quantitative estimate of drug-likeness (QED) is 0.374. The zero-order valence-corrected chi connectivity index (χ0v) is 21.5. The van der Waals surface area contributed by atoms with Crippen molar-refractivity contribution in [1.82, 2.24) is 0 Å². The van der Waals surface area contributed by atoms with Gasteiger partial charge in [-0.05, 0) is 48.5 Å². The number of aromatic hydroxyl groups is 2. The van der Waals surface area contributed by atoms with Gasteiger partial charge in [-0.2, -0.15) is 13.5 Å². The van der Waals surface area contributed by atoms with Gasteiger partial charge in [0.2, 0.25) is 0 Å². The number of hydrogen-bond donors (Lipinski definition) is 2. The molecule has 0 aliphatic carbocycles. The summed E-state index contributed by atoms with van der Waals surface area (Å²) in [7, 11) is 0. The first-order valence-corrected chi connectivity index (χ1v) is 9.34. The van der Waals surface area contributed by atoms with Gasteiger partial charge in [-0.3, -0.25) is 0 Å². The summed E-state index contributed by atoms with van der Waals surface area (Å²) in [5, 5.41) is 29.0. The fourth-order valence-electron chi connectivity index (χ4n) is 1.71. The van der Waals surface area contributed by atoms with E-state index >= 15 is 0 Å². The molecule has 0 heterocycles. The molecule has 158 valence electrons. The molecule has 0 fully saturated rings. The molecule has 0 atom stereocenters. The van der Waals surface area contributed by atoms with Crippen molar-refractivity contribution in [3.63, 3.8) is 0 Å². The van der Waals surface area contributed by atoms with Crippen molar-refractivity contribution in [2.45, 2.75) is 0 Å². The van der Waals surface area contributed by atoms with Gasteiger partial charge in [-0.1, -0.05) is 89.9 Å². The van der Waals surface area contributed by atoms with E-state index in [0.717, 1.165) is 10.0 Å². The van der Waals surface area contributed by atoms with Crippen LogP contribution in [-0.2, 0) is 0 Å². The predicted molar refractivity (Wildman–Crippen MR) is 129 cm³/mol. The van der Waals surface area contributed by atoms with E-state index in [1.165, 1.54) is 12.1 Å². The Labute approximate surface area is 222 Å². The summed E-state index contributed by atoms with van der Waals surface area (Å²) in [5.74, 6) is 0.715. The second-order valence-corrected chi connectivity index (χ2v) is 6.29. The van der Waals surface area contributed by atoms with E-state index in [1.807, 2.05) is 18.2 Å². The molecule has 0 saturated carbocycles. The molecule has 0 aliphatic rings. The number of phenolic OH excluding ortho intramolecular Hbond substituents is 2. The third-order valence-electron chi connectivity index (χ3n) is 3.06. The van der Waals surface area contributed by atoms with E-state index in [-0.39, 0.29) is 48.8 Å². The first kappa shape index (κ1) is 31.4. The van der Waals surface area contributed by atoms with Crippen molar-refractivity contribution < 1.29 is 44.9 Å². The number of halogens is 2. The average Bonchev–Trinajstić information content (AvgIpc) is 2.73. The summed E-state index contributed by atoms with van der Waals surface area (Å²) in [6.07, 6.45) is 0. The van der Waals surface area contributed by atoms with Crippen molar-refractivity contribution in [2.75, 3.05) is 0 Å². The molecule has 0 amide bonds. The molecule has 0 aliphatic heterocycles. The molecule has 0 aromatic heterocycles. The third-order valence-corrected chi connectivity index (χ3v) is 3.56. The summed E-state index contributed by atoms with van der Waals surface area (Å²) >= 11 is 11.1. The van der Waals surface area contributed by atoms with Crippen molar-refractivity contribution >= 4 is 36.7 Å². The molecule has 0 spiro atoms. The summed E-state index contributed by atoms with van der Waals surface area (Å²) in [4.78, 5) is 0. The van der Waals surface area contributed by atoms with Crippen LogP contribution in [0.4, 0.5) is 0 Å². The van der Waals surface area contributed by atoms with Crippen LogP contribution < -0.4 is 34.7 Å². The van der Waals surface area contributed by atoms with Gasteiger partial charge in [0.05, 0.1) is 0 Å². The van der Waals surface area contributed by atoms with Crippen LogP contribution in [0.15, 0.2) is 115 Å². The summed E-state index contributed by atoms with van der Waals surface area (Å²) < 4.78 is 0. The molecule has 4 aromatic carbocycles. The standard InChI is InChI=1S/C6H4Cl2.3C6H6O.Na.H2S/c7-5-1-2-6(8)4-3-5;3*7-6-4-2-1-3-5-6;;/h1-4H;3*1-5,7H;;1H2/q;;;;+1;/p-1. The molecule has 0 saturated heterocycles. The zero-order chi connectivity index (χ0) is 21.3. The fourth-order valence-corrected chi connectivity index (χ4v) is 1.96. The maximum atomic E-state index is 10.3. The fraction of sp³-hybridized carbons (Fsp3) is 0. The molecule has 31 heavy (non-hydrogen) atoms. The largest absolute Gasteiger partial charge is 1.00 e. The zero-order valence-electron chi connectivity index (χ0n) is 17.0. The summed E-state index contributed by atoms with van der Waals surface area (Å²) in [5.41, 5.74) is 0. The van der Waals surface area contributed by atoms with Crippen LogP contribution in [0.5, 0.6) is 17.2 Å². The molecule has 0 radical (unpaired) electrons. The van der Waals surface area contributed by atoms with E-state index < -0.39 is 0 Å². The smallest absolute Gasteiger partial charge is 0.872 e. The number of hydrogen-bond acceptors (Lipinski definition) is 3. The van der Waals surface area contributed by atoms with Crippen LogP contribution in [0.25, 0.3) is 0 Å². The Balaban J connectivity index is 0. The van der Waals surface area contributed by atoms with Gasteiger partial charge in [0.1, 0.15) is 11.5 Å².